The first-order chi connectivity index (χ1) is 6.70. The zero-order valence-electron chi connectivity index (χ0n) is 9.88. The normalized spacial score (nSPS) is 13.5. The minimum absolute atomic E-state index is 0.173. The summed E-state index contributed by atoms with van der Waals surface area (Å²) < 4.78 is 10.7. The average Bonchev–Trinajstić information content (AvgIpc) is 2.12. The fraction of sp³-hybridized carbons (Fsp3) is 1.00. The fourth-order valence-corrected chi connectivity index (χ4v) is 1.21. The maximum atomic E-state index is 5.66. The SMILES string of the molecule is CNCC(COC)OCCCN(C)C. The molecule has 0 fully saturated rings. The van der Waals surface area contributed by atoms with E-state index in [4.69, 9.17) is 9.47 Å². The molecule has 0 aromatic carbocycles. The van der Waals surface area contributed by atoms with E-state index in [1.165, 1.54) is 0 Å². The summed E-state index contributed by atoms with van der Waals surface area (Å²) in [4.78, 5) is 2.16. The number of hydrogen-bond donors (Lipinski definition) is 1. The number of rotatable bonds is 9. The van der Waals surface area contributed by atoms with Gasteiger partial charge in [0.25, 0.3) is 0 Å². The molecule has 1 atom stereocenters. The summed E-state index contributed by atoms with van der Waals surface area (Å²) in [7, 11) is 7.76. The minimum Gasteiger partial charge on any atom is -0.382 e. The van der Waals surface area contributed by atoms with Crippen molar-refractivity contribution in [2.75, 3.05) is 54.6 Å². The number of nitrogens with zero attached hydrogens (tertiary/aromatic N) is 1. The summed E-state index contributed by atoms with van der Waals surface area (Å²) in [6.07, 6.45) is 1.24. The molecule has 0 bridgehead atoms. The number of likely N-dealkylation sites (N-methyl/N-ethyl adjacent to an activating group) is 1. The van der Waals surface area contributed by atoms with Gasteiger partial charge in [-0.25, -0.2) is 0 Å². The highest BCUT2D eigenvalue weighted by Crippen LogP contribution is 1.94. The highest BCUT2D eigenvalue weighted by atomic mass is 16.5. The molecule has 14 heavy (non-hydrogen) atoms. The third-order valence-electron chi connectivity index (χ3n) is 1.89. The van der Waals surface area contributed by atoms with Gasteiger partial charge in [0, 0.05) is 20.3 Å². The smallest absolute Gasteiger partial charge is 0.0932 e. The highest BCUT2D eigenvalue weighted by Gasteiger charge is 2.06. The summed E-state index contributed by atoms with van der Waals surface area (Å²) in [5, 5.41) is 3.09. The summed E-state index contributed by atoms with van der Waals surface area (Å²) in [5.74, 6) is 0. The molecule has 0 saturated heterocycles. The molecule has 0 aliphatic rings. The largest absolute Gasteiger partial charge is 0.382 e. The van der Waals surface area contributed by atoms with Gasteiger partial charge in [-0.05, 0) is 34.1 Å². The van der Waals surface area contributed by atoms with Crippen molar-refractivity contribution in [1.29, 1.82) is 0 Å². The zero-order chi connectivity index (χ0) is 10.8. The highest BCUT2D eigenvalue weighted by molar-refractivity contribution is 4.58. The second-order valence-electron chi connectivity index (χ2n) is 3.66. The second-order valence-corrected chi connectivity index (χ2v) is 3.66. The molecule has 0 aliphatic heterocycles. The first-order valence-electron chi connectivity index (χ1n) is 5.10. The summed E-state index contributed by atoms with van der Waals surface area (Å²) >= 11 is 0. The van der Waals surface area contributed by atoms with E-state index in [1.807, 2.05) is 7.05 Å². The van der Waals surface area contributed by atoms with Crippen molar-refractivity contribution in [3.05, 3.63) is 0 Å². The lowest BCUT2D eigenvalue weighted by Crippen LogP contribution is -2.31. The van der Waals surface area contributed by atoms with Crippen LogP contribution in [0, 0.1) is 0 Å². The Bertz CT molecular complexity index is 115. The third-order valence-corrected chi connectivity index (χ3v) is 1.89. The van der Waals surface area contributed by atoms with Gasteiger partial charge in [-0.2, -0.15) is 0 Å². The van der Waals surface area contributed by atoms with Crippen LogP contribution in [-0.4, -0.2) is 65.6 Å². The van der Waals surface area contributed by atoms with Gasteiger partial charge in [0.2, 0.25) is 0 Å². The van der Waals surface area contributed by atoms with E-state index in [9.17, 15) is 0 Å². The van der Waals surface area contributed by atoms with Gasteiger partial charge in [0.15, 0.2) is 0 Å². The molecule has 0 aromatic rings. The van der Waals surface area contributed by atoms with Crippen LogP contribution in [0.4, 0.5) is 0 Å². The number of nitrogens with one attached hydrogen (secondary N) is 1. The van der Waals surface area contributed by atoms with Crippen LogP contribution in [0.1, 0.15) is 6.42 Å². The van der Waals surface area contributed by atoms with Crippen LogP contribution in [0.25, 0.3) is 0 Å². The van der Waals surface area contributed by atoms with Gasteiger partial charge < -0.3 is 19.7 Å². The van der Waals surface area contributed by atoms with Crippen LogP contribution in [0.3, 0.4) is 0 Å². The summed E-state index contributed by atoms with van der Waals surface area (Å²) in [6.45, 7) is 3.37. The van der Waals surface area contributed by atoms with E-state index in [-0.39, 0.29) is 6.10 Å². The lowest BCUT2D eigenvalue weighted by Gasteiger charge is -2.17. The van der Waals surface area contributed by atoms with Crippen LogP contribution in [-0.2, 0) is 9.47 Å². The average molecular weight is 204 g/mol. The Hall–Kier alpha value is -0.160. The fourth-order valence-electron chi connectivity index (χ4n) is 1.21. The zero-order valence-corrected chi connectivity index (χ0v) is 9.88. The Kier molecular flexibility index (Phi) is 9.29. The second kappa shape index (κ2) is 9.40. The van der Waals surface area contributed by atoms with Gasteiger partial charge >= 0.3 is 0 Å². The molecule has 0 heterocycles. The molecular formula is C10H24N2O2. The Morgan fingerprint density at radius 1 is 1.36 bits per heavy atom. The molecule has 4 heteroatoms. The maximum absolute atomic E-state index is 5.66. The molecule has 0 aliphatic carbocycles. The quantitative estimate of drug-likeness (QED) is 0.544. The molecule has 1 N–H and O–H groups in total. The maximum Gasteiger partial charge on any atom is 0.0932 e. The molecule has 4 nitrogen and oxygen atoms in total. The predicted molar refractivity (Wildman–Crippen MR) is 58.7 cm³/mol. The van der Waals surface area contributed by atoms with Crippen molar-refractivity contribution in [3.8, 4) is 0 Å². The molecule has 0 saturated carbocycles. The Balaban J connectivity index is 3.40. The van der Waals surface area contributed by atoms with E-state index in [0.29, 0.717) is 6.61 Å². The van der Waals surface area contributed by atoms with Crippen molar-refractivity contribution in [1.82, 2.24) is 10.2 Å². The molecular weight excluding hydrogens is 180 g/mol. The van der Waals surface area contributed by atoms with Gasteiger partial charge in [-0.15, -0.1) is 0 Å². The molecule has 1 unspecified atom stereocenters. The van der Waals surface area contributed by atoms with Crippen molar-refractivity contribution >= 4 is 0 Å². The van der Waals surface area contributed by atoms with Crippen molar-refractivity contribution in [2.45, 2.75) is 12.5 Å². The minimum atomic E-state index is 0.173. The van der Waals surface area contributed by atoms with E-state index in [2.05, 4.69) is 24.3 Å². The Morgan fingerprint density at radius 2 is 2.07 bits per heavy atom. The molecule has 0 amide bonds. The lowest BCUT2D eigenvalue weighted by molar-refractivity contribution is -0.00229. The Labute approximate surface area is 87.6 Å². The van der Waals surface area contributed by atoms with Crippen molar-refractivity contribution < 1.29 is 9.47 Å². The van der Waals surface area contributed by atoms with Gasteiger partial charge in [0.1, 0.15) is 0 Å². The molecule has 0 aromatic heterocycles. The van der Waals surface area contributed by atoms with Gasteiger partial charge in [0.05, 0.1) is 12.7 Å². The van der Waals surface area contributed by atoms with Gasteiger partial charge in [-0.1, -0.05) is 0 Å². The van der Waals surface area contributed by atoms with Crippen LogP contribution >= 0.6 is 0 Å². The van der Waals surface area contributed by atoms with Crippen LogP contribution < -0.4 is 5.32 Å². The van der Waals surface area contributed by atoms with E-state index >= 15 is 0 Å². The van der Waals surface area contributed by atoms with E-state index in [0.717, 1.165) is 26.1 Å². The van der Waals surface area contributed by atoms with Crippen LogP contribution in [0.5, 0.6) is 0 Å². The van der Waals surface area contributed by atoms with Crippen molar-refractivity contribution in [3.63, 3.8) is 0 Å². The third kappa shape index (κ3) is 8.44. The van der Waals surface area contributed by atoms with E-state index in [1.54, 1.807) is 7.11 Å². The monoisotopic (exact) mass is 204 g/mol. The van der Waals surface area contributed by atoms with E-state index < -0.39 is 0 Å². The first-order valence-corrected chi connectivity index (χ1v) is 5.10. The number of methoxy groups -OCH3 is 1. The number of ether oxygens (including phenoxy) is 2. The molecule has 0 rings (SSSR count). The number of hydrogen-bond acceptors (Lipinski definition) is 4. The van der Waals surface area contributed by atoms with Gasteiger partial charge in [-0.3, -0.25) is 0 Å². The lowest BCUT2D eigenvalue weighted by atomic mass is 10.3. The predicted octanol–water partition coefficient (Wildman–Crippen LogP) is 0.189. The summed E-state index contributed by atoms with van der Waals surface area (Å²) in [5.41, 5.74) is 0. The molecule has 0 radical (unpaired) electrons. The van der Waals surface area contributed by atoms with Crippen LogP contribution in [0.2, 0.25) is 0 Å². The standard InChI is InChI=1S/C10H24N2O2/c1-11-8-10(9-13-4)14-7-5-6-12(2)3/h10-11H,5-9H2,1-4H3. The Morgan fingerprint density at radius 3 is 2.57 bits per heavy atom. The molecule has 86 valence electrons. The van der Waals surface area contributed by atoms with Crippen LogP contribution in [0.15, 0.2) is 0 Å². The summed E-state index contributed by atoms with van der Waals surface area (Å²) in [6, 6.07) is 0. The van der Waals surface area contributed by atoms with Crippen molar-refractivity contribution in [2.24, 2.45) is 0 Å². The first kappa shape index (κ1) is 13.8. The molecule has 0 spiro atoms. The topological polar surface area (TPSA) is 33.7 Å².